The molecule has 1 N–H and O–H groups in total. The van der Waals surface area contributed by atoms with Crippen molar-refractivity contribution >= 4 is 17.7 Å². The molecular weight excluding hydrogens is 294 g/mol. The summed E-state index contributed by atoms with van der Waals surface area (Å²) in [7, 11) is 0. The highest BCUT2D eigenvalue weighted by Crippen LogP contribution is 2.22. The summed E-state index contributed by atoms with van der Waals surface area (Å²) in [5, 5.41) is 2.85. The molecule has 2 amide bonds. The molecule has 2 rings (SSSR count). The maximum Gasteiger partial charge on any atom is 0.410 e. The first-order chi connectivity index (χ1) is 10.8. The smallest absolute Gasteiger partial charge is 0.410 e. The predicted octanol–water partition coefficient (Wildman–Crippen LogP) is 3.06. The number of hydrogen-bond donors (Lipinski definition) is 1. The molecule has 0 atom stereocenters. The molecule has 1 aliphatic rings. The molecule has 0 aliphatic carbocycles. The van der Waals surface area contributed by atoms with E-state index in [4.69, 9.17) is 4.74 Å². The minimum absolute atomic E-state index is 0.00582. The van der Waals surface area contributed by atoms with Crippen LogP contribution in [0.4, 0.5) is 10.5 Å². The van der Waals surface area contributed by atoms with E-state index in [0.29, 0.717) is 31.1 Å². The van der Waals surface area contributed by atoms with E-state index in [1.54, 1.807) is 23.4 Å². The summed E-state index contributed by atoms with van der Waals surface area (Å²) in [5.74, 6) is 0.291. The van der Waals surface area contributed by atoms with Crippen molar-refractivity contribution in [2.45, 2.75) is 45.6 Å². The Hall–Kier alpha value is -2.11. The van der Waals surface area contributed by atoms with Gasteiger partial charge in [-0.15, -0.1) is 0 Å². The van der Waals surface area contributed by atoms with Crippen molar-refractivity contribution in [1.29, 1.82) is 0 Å². The van der Waals surface area contributed by atoms with Crippen LogP contribution in [0.2, 0.25) is 0 Å². The van der Waals surface area contributed by atoms with Crippen molar-refractivity contribution in [1.82, 2.24) is 9.88 Å². The molecule has 126 valence electrons. The second kappa shape index (κ2) is 7.44. The highest BCUT2D eigenvalue weighted by Gasteiger charge is 2.27. The van der Waals surface area contributed by atoms with Gasteiger partial charge in [0.15, 0.2) is 0 Å². The molecule has 1 aliphatic heterocycles. The molecule has 0 radical (unpaired) electrons. The van der Waals surface area contributed by atoms with Gasteiger partial charge in [0, 0.05) is 25.7 Å². The molecule has 0 saturated carbocycles. The zero-order chi connectivity index (χ0) is 16.9. The Kier molecular flexibility index (Phi) is 5.58. The van der Waals surface area contributed by atoms with Crippen molar-refractivity contribution in [3.63, 3.8) is 0 Å². The normalized spacial score (nSPS) is 16.0. The number of ether oxygens (including phenoxy) is 1. The molecule has 0 aromatic carbocycles. The van der Waals surface area contributed by atoms with E-state index in [2.05, 4.69) is 10.3 Å². The summed E-state index contributed by atoms with van der Waals surface area (Å²) in [6.45, 7) is 6.86. The van der Waals surface area contributed by atoms with Gasteiger partial charge in [0.25, 0.3) is 0 Å². The Morgan fingerprint density at radius 1 is 1.35 bits per heavy atom. The third-order valence-corrected chi connectivity index (χ3v) is 3.69. The van der Waals surface area contributed by atoms with E-state index in [1.807, 2.05) is 26.8 Å². The highest BCUT2D eigenvalue weighted by atomic mass is 16.6. The molecule has 1 aromatic rings. The van der Waals surface area contributed by atoms with Gasteiger partial charge in [-0.3, -0.25) is 9.78 Å². The average molecular weight is 319 g/mol. The molecule has 0 unspecified atom stereocenters. The fourth-order valence-electron chi connectivity index (χ4n) is 2.56. The minimum atomic E-state index is -0.475. The number of nitrogens with one attached hydrogen (secondary N) is 1. The van der Waals surface area contributed by atoms with Gasteiger partial charge in [0.1, 0.15) is 5.60 Å². The summed E-state index contributed by atoms with van der Waals surface area (Å²) >= 11 is 0. The number of carbonyl (C=O) groups excluding carboxylic acids is 2. The molecule has 1 aromatic heterocycles. The first kappa shape index (κ1) is 17.2. The van der Waals surface area contributed by atoms with Crippen LogP contribution in [-0.4, -0.2) is 40.6 Å². The van der Waals surface area contributed by atoms with E-state index in [-0.39, 0.29) is 12.0 Å². The summed E-state index contributed by atoms with van der Waals surface area (Å²) in [6.07, 6.45) is 5.14. The van der Waals surface area contributed by atoms with Gasteiger partial charge >= 0.3 is 6.09 Å². The van der Waals surface area contributed by atoms with Gasteiger partial charge in [0.05, 0.1) is 11.9 Å². The molecule has 2 heterocycles. The predicted molar refractivity (Wildman–Crippen MR) is 88.0 cm³/mol. The maximum absolute atomic E-state index is 12.0. The van der Waals surface area contributed by atoms with Crippen LogP contribution in [0.25, 0.3) is 0 Å². The lowest BCUT2D eigenvalue weighted by Crippen LogP contribution is -2.42. The largest absolute Gasteiger partial charge is 0.444 e. The molecule has 1 saturated heterocycles. The van der Waals surface area contributed by atoms with Gasteiger partial charge in [-0.05, 0) is 51.7 Å². The Balaban J connectivity index is 1.74. The Morgan fingerprint density at radius 3 is 2.61 bits per heavy atom. The number of likely N-dealkylation sites (tertiary alicyclic amines) is 1. The first-order valence-electron chi connectivity index (χ1n) is 8.01. The number of nitrogens with zero attached hydrogens (tertiary/aromatic N) is 2. The fourth-order valence-corrected chi connectivity index (χ4v) is 2.56. The van der Waals surface area contributed by atoms with Crippen molar-refractivity contribution in [3.8, 4) is 0 Å². The minimum Gasteiger partial charge on any atom is -0.444 e. The summed E-state index contributed by atoms with van der Waals surface area (Å²) in [5.41, 5.74) is 0.237. The van der Waals surface area contributed by atoms with Gasteiger partial charge in [-0.25, -0.2) is 4.79 Å². The number of amides is 2. The van der Waals surface area contributed by atoms with E-state index in [0.717, 1.165) is 12.8 Å². The summed E-state index contributed by atoms with van der Waals surface area (Å²) in [6, 6.07) is 3.60. The monoisotopic (exact) mass is 319 g/mol. The molecule has 1 fully saturated rings. The second-order valence-corrected chi connectivity index (χ2v) is 6.90. The second-order valence-electron chi connectivity index (χ2n) is 6.90. The third-order valence-electron chi connectivity index (χ3n) is 3.69. The van der Waals surface area contributed by atoms with Crippen molar-refractivity contribution < 1.29 is 14.3 Å². The van der Waals surface area contributed by atoms with Crippen LogP contribution in [0.3, 0.4) is 0 Å². The van der Waals surface area contributed by atoms with Crippen LogP contribution in [0.5, 0.6) is 0 Å². The molecule has 23 heavy (non-hydrogen) atoms. The van der Waals surface area contributed by atoms with Crippen LogP contribution in [0.1, 0.15) is 40.0 Å². The number of aromatic nitrogens is 1. The molecule has 0 bridgehead atoms. The summed E-state index contributed by atoms with van der Waals surface area (Å²) < 4.78 is 5.37. The zero-order valence-electron chi connectivity index (χ0n) is 14.0. The van der Waals surface area contributed by atoms with Crippen LogP contribution in [0.15, 0.2) is 24.5 Å². The lowest BCUT2D eigenvalue weighted by molar-refractivity contribution is -0.117. The van der Waals surface area contributed by atoms with Gasteiger partial charge in [-0.2, -0.15) is 0 Å². The SMILES string of the molecule is CC(C)(C)OC(=O)N1CCC(CC(=O)Nc2cccnc2)CC1. The standard InChI is InChI=1S/C17H25N3O3/c1-17(2,3)23-16(22)20-9-6-13(7-10-20)11-15(21)19-14-5-4-8-18-12-14/h4-5,8,12-13H,6-7,9-11H2,1-3H3,(H,19,21). The van der Waals surface area contributed by atoms with E-state index in [9.17, 15) is 9.59 Å². The summed E-state index contributed by atoms with van der Waals surface area (Å²) in [4.78, 5) is 29.7. The average Bonchev–Trinajstić information content (AvgIpc) is 2.47. The molecule has 6 heteroatoms. The molecule has 0 spiro atoms. The van der Waals surface area contributed by atoms with Gasteiger partial charge in [-0.1, -0.05) is 0 Å². The number of pyridine rings is 1. The molecule has 6 nitrogen and oxygen atoms in total. The zero-order valence-corrected chi connectivity index (χ0v) is 14.0. The van der Waals surface area contributed by atoms with Gasteiger partial charge < -0.3 is 15.0 Å². The maximum atomic E-state index is 12.0. The van der Waals surface area contributed by atoms with E-state index in [1.165, 1.54) is 0 Å². The van der Waals surface area contributed by atoms with Crippen molar-refractivity contribution in [2.75, 3.05) is 18.4 Å². The Bertz CT molecular complexity index is 532. The number of anilines is 1. The molecular formula is C17H25N3O3. The number of piperidine rings is 1. The number of rotatable bonds is 3. The van der Waals surface area contributed by atoms with Crippen LogP contribution in [0, 0.1) is 5.92 Å². The lowest BCUT2D eigenvalue weighted by Gasteiger charge is -2.33. The quantitative estimate of drug-likeness (QED) is 0.929. The number of carbonyl (C=O) groups is 2. The first-order valence-corrected chi connectivity index (χ1v) is 8.01. The van der Waals surface area contributed by atoms with Crippen LogP contribution in [-0.2, 0) is 9.53 Å². The fraction of sp³-hybridized carbons (Fsp3) is 0.588. The topological polar surface area (TPSA) is 71.5 Å². The van der Waals surface area contributed by atoms with Gasteiger partial charge in [0.2, 0.25) is 5.91 Å². The van der Waals surface area contributed by atoms with E-state index >= 15 is 0 Å². The van der Waals surface area contributed by atoms with E-state index < -0.39 is 5.60 Å². The lowest BCUT2D eigenvalue weighted by atomic mass is 9.93. The van der Waals surface area contributed by atoms with Crippen LogP contribution < -0.4 is 5.32 Å². The van der Waals surface area contributed by atoms with Crippen LogP contribution >= 0.6 is 0 Å². The Labute approximate surface area is 137 Å². The van der Waals surface area contributed by atoms with Crippen molar-refractivity contribution in [2.24, 2.45) is 5.92 Å². The highest BCUT2D eigenvalue weighted by molar-refractivity contribution is 5.90. The third kappa shape index (κ3) is 5.88. The Morgan fingerprint density at radius 2 is 2.04 bits per heavy atom. The number of hydrogen-bond acceptors (Lipinski definition) is 4. The van der Waals surface area contributed by atoms with Crippen molar-refractivity contribution in [3.05, 3.63) is 24.5 Å².